The molecule has 37 heavy (non-hydrogen) atoms. The SMILES string of the molecule is CCCCC.Cc1ccc(CCC(=O)c2ccccc2C(C)CCCCCc2cc(C)cc(C)c2)cc1. The topological polar surface area (TPSA) is 17.1 Å². The molecule has 0 spiro atoms. The number of hydrogen-bond acceptors (Lipinski definition) is 1. The Bertz CT molecular complexity index is 1040. The Morgan fingerprint density at radius 3 is 1.95 bits per heavy atom. The predicted molar refractivity (Wildman–Crippen MR) is 162 cm³/mol. The monoisotopic (exact) mass is 498 g/mol. The molecule has 1 nitrogen and oxygen atoms in total. The van der Waals surface area contributed by atoms with Crippen LogP contribution in [0.5, 0.6) is 0 Å². The number of ketones is 1. The molecule has 0 N–H and O–H groups in total. The van der Waals surface area contributed by atoms with Crippen LogP contribution >= 0.6 is 0 Å². The molecule has 0 saturated carbocycles. The molecule has 0 aliphatic heterocycles. The molecule has 3 aromatic rings. The van der Waals surface area contributed by atoms with Gasteiger partial charge in [0.1, 0.15) is 0 Å². The van der Waals surface area contributed by atoms with Crippen molar-refractivity contribution in [1.29, 1.82) is 0 Å². The first kappa shape index (κ1) is 30.6. The van der Waals surface area contributed by atoms with Crippen LogP contribution in [-0.4, -0.2) is 5.78 Å². The third-order valence-corrected chi connectivity index (χ3v) is 7.14. The summed E-state index contributed by atoms with van der Waals surface area (Å²) in [6.07, 6.45) is 11.4. The van der Waals surface area contributed by atoms with E-state index in [1.165, 1.54) is 71.9 Å². The third kappa shape index (κ3) is 11.5. The van der Waals surface area contributed by atoms with Crippen molar-refractivity contribution in [2.24, 2.45) is 0 Å². The average molecular weight is 499 g/mol. The summed E-state index contributed by atoms with van der Waals surface area (Å²) in [5, 5.41) is 0. The summed E-state index contributed by atoms with van der Waals surface area (Å²) in [5.74, 6) is 0.679. The largest absolute Gasteiger partial charge is 0.294 e. The van der Waals surface area contributed by atoms with E-state index in [1.807, 2.05) is 12.1 Å². The van der Waals surface area contributed by atoms with E-state index in [-0.39, 0.29) is 5.78 Å². The number of hydrogen-bond donors (Lipinski definition) is 0. The Labute approximate surface area is 227 Å². The lowest BCUT2D eigenvalue weighted by Crippen LogP contribution is -2.07. The van der Waals surface area contributed by atoms with Gasteiger partial charge in [-0.05, 0) is 69.1 Å². The molecular weight excluding hydrogens is 448 g/mol. The third-order valence-electron chi connectivity index (χ3n) is 7.14. The first-order chi connectivity index (χ1) is 17.8. The molecule has 0 aliphatic rings. The summed E-state index contributed by atoms with van der Waals surface area (Å²) in [6.45, 7) is 13.1. The molecule has 0 amide bonds. The molecule has 3 aromatic carbocycles. The van der Waals surface area contributed by atoms with Gasteiger partial charge >= 0.3 is 0 Å². The molecule has 200 valence electrons. The number of rotatable bonds is 13. The van der Waals surface area contributed by atoms with Crippen LogP contribution in [0.2, 0.25) is 0 Å². The maximum absolute atomic E-state index is 13.0. The van der Waals surface area contributed by atoms with Crippen molar-refractivity contribution in [3.63, 3.8) is 0 Å². The van der Waals surface area contributed by atoms with Gasteiger partial charge in [0, 0.05) is 12.0 Å². The van der Waals surface area contributed by atoms with Crippen molar-refractivity contribution >= 4 is 5.78 Å². The van der Waals surface area contributed by atoms with E-state index in [9.17, 15) is 4.79 Å². The lowest BCUT2D eigenvalue weighted by atomic mass is 9.88. The summed E-state index contributed by atoms with van der Waals surface area (Å²) in [4.78, 5) is 13.0. The standard InChI is InChI=1S/C31H38O.C5H12/c1-23-14-16-27(17-15-23)18-19-31(32)30-13-9-8-12-29(30)26(4)10-6-5-7-11-28-21-24(2)20-25(3)22-28;1-3-5-4-2/h8-9,12-17,20-22,26H,5-7,10-11,18-19H2,1-4H3;3-5H2,1-2H3. The van der Waals surface area contributed by atoms with E-state index in [2.05, 4.69) is 96.1 Å². The molecule has 1 heteroatoms. The highest BCUT2D eigenvalue weighted by Gasteiger charge is 2.15. The Morgan fingerprint density at radius 1 is 0.676 bits per heavy atom. The van der Waals surface area contributed by atoms with Crippen molar-refractivity contribution in [2.75, 3.05) is 0 Å². The fraction of sp³-hybridized carbons (Fsp3) is 0.472. The van der Waals surface area contributed by atoms with E-state index < -0.39 is 0 Å². The summed E-state index contributed by atoms with van der Waals surface area (Å²) in [6, 6.07) is 23.6. The van der Waals surface area contributed by atoms with E-state index in [0.29, 0.717) is 12.3 Å². The summed E-state index contributed by atoms with van der Waals surface area (Å²) < 4.78 is 0. The molecule has 0 aliphatic carbocycles. The van der Waals surface area contributed by atoms with Crippen LogP contribution in [0, 0.1) is 20.8 Å². The summed E-state index contributed by atoms with van der Waals surface area (Å²) in [5.41, 5.74) is 8.80. The maximum Gasteiger partial charge on any atom is 0.163 e. The molecule has 3 rings (SSSR count). The second-order valence-electron chi connectivity index (χ2n) is 10.8. The highest BCUT2D eigenvalue weighted by Crippen LogP contribution is 2.27. The van der Waals surface area contributed by atoms with Crippen LogP contribution in [0.3, 0.4) is 0 Å². The molecule has 0 saturated heterocycles. The number of Topliss-reactive ketones (excluding diaryl/α,β-unsaturated/α-hetero) is 1. The zero-order valence-corrected chi connectivity index (χ0v) is 24.4. The van der Waals surface area contributed by atoms with Crippen molar-refractivity contribution in [3.05, 3.63) is 106 Å². The predicted octanol–water partition coefficient (Wildman–Crippen LogP) is 10.5. The van der Waals surface area contributed by atoms with Gasteiger partial charge in [0.05, 0.1) is 0 Å². The van der Waals surface area contributed by atoms with Gasteiger partial charge < -0.3 is 0 Å². The van der Waals surface area contributed by atoms with Crippen molar-refractivity contribution < 1.29 is 4.79 Å². The molecule has 1 atom stereocenters. The molecule has 0 radical (unpaired) electrons. The number of benzene rings is 3. The summed E-state index contributed by atoms with van der Waals surface area (Å²) >= 11 is 0. The van der Waals surface area contributed by atoms with Gasteiger partial charge in [0.2, 0.25) is 0 Å². The molecule has 1 unspecified atom stereocenters. The van der Waals surface area contributed by atoms with Crippen molar-refractivity contribution in [3.8, 4) is 0 Å². The normalized spacial score (nSPS) is 11.5. The van der Waals surface area contributed by atoms with Crippen LogP contribution in [-0.2, 0) is 12.8 Å². The van der Waals surface area contributed by atoms with Gasteiger partial charge in [-0.25, -0.2) is 0 Å². The Morgan fingerprint density at radius 2 is 1.32 bits per heavy atom. The van der Waals surface area contributed by atoms with Gasteiger partial charge in [-0.1, -0.05) is 136 Å². The summed E-state index contributed by atoms with van der Waals surface area (Å²) in [7, 11) is 0. The highest BCUT2D eigenvalue weighted by atomic mass is 16.1. The number of carbonyl (C=O) groups is 1. The molecule has 0 bridgehead atoms. The lowest BCUT2D eigenvalue weighted by Gasteiger charge is -2.16. The maximum atomic E-state index is 13.0. The Kier molecular flexibility index (Phi) is 14.0. The van der Waals surface area contributed by atoms with Crippen LogP contribution in [0.15, 0.2) is 66.7 Å². The Hall–Kier alpha value is -2.67. The second-order valence-corrected chi connectivity index (χ2v) is 10.8. The highest BCUT2D eigenvalue weighted by molar-refractivity contribution is 5.97. The minimum absolute atomic E-state index is 0.267. The Balaban J connectivity index is 0.000000877. The first-order valence-corrected chi connectivity index (χ1v) is 14.6. The van der Waals surface area contributed by atoms with Gasteiger partial charge in [-0.15, -0.1) is 0 Å². The smallest absolute Gasteiger partial charge is 0.163 e. The van der Waals surface area contributed by atoms with Crippen LogP contribution < -0.4 is 0 Å². The van der Waals surface area contributed by atoms with Gasteiger partial charge in [-0.3, -0.25) is 4.79 Å². The van der Waals surface area contributed by atoms with E-state index in [0.717, 1.165) is 24.8 Å². The van der Waals surface area contributed by atoms with E-state index in [4.69, 9.17) is 0 Å². The van der Waals surface area contributed by atoms with Crippen molar-refractivity contribution in [1.82, 2.24) is 0 Å². The number of unbranched alkanes of at least 4 members (excludes halogenated alkanes) is 4. The zero-order chi connectivity index (χ0) is 27.0. The van der Waals surface area contributed by atoms with Gasteiger partial charge in [-0.2, -0.15) is 0 Å². The minimum Gasteiger partial charge on any atom is -0.294 e. The quantitative estimate of drug-likeness (QED) is 0.169. The molecular formula is C36H50O. The molecule has 0 heterocycles. The van der Waals surface area contributed by atoms with Gasteiger partial charge in [0.15, 0.2) is 5.78 Å². The molecule has 0 aromatic heterocycles. The van der Waals surface area contributed by atoms with E-state index >= 15 is 0 Å². The number of aryl methyl sites for hydroxylation is 5. The fourth-order valence-electron chi connectivity index (χ4n) is 5.01. The molecule has 0 fully saturated rings. The van der Waals surface area contributed by atoms with Gasteiger partial charge in [0.25, 0.3) is 0 Å². The van der Waals surface area contributed by atoms with Crippen LogP contribution in [0.4, 0.5) is 0 Å². The second kappa shape index (κ2) is 17.0. The fourth-order valence-corrected chi connectivity index (χ4v) is 5.01. The minimum atomic E-state index is 0.267. The average Bonchev–Trinajstić information content (AvgIpc) is 2.88. The first-order valence-electron chi connectivity index (χ1n) is 14.6. The van der Waals surface area contributed by atoms with E-state index in [1.54, 1.807) is 0 Å². The lowest BCUT2D eigenvalue weighted by molar-refractivity contribution is 0.0981. The zero-order valence-electron chi connectivity index (χ0n) is 24.4. The number of carbonyl (C=O) groups excluding carboxylic acids is 1. The van der Waals surface area contributed by atoms with Crippen LogP contribution in [0.25, 0.3) is 0 Å². The van der Waals surface area contributed by atoms with Crippen molar-refractivity contribution in [2.45, 2.75) is 112 Å². The van der Waals surface area contributed by atoms with Crippen LogP contribution in [0.1, 0.15) is 122 Å².